The molecule has 2 aliphatic rings. The van der Waals surface area contributed by atoms with Gasteiger partial charge in [-0.3, -0.25) is 0 Å². The van der Waals surface area contributed by atoms with Crippen LogP contribution in [-0.2, 0) is 0 Å². The van der Waals surface area contributed by atoms with Crippen molar-refractivity contribution in [2.75, 3.05) is 33.2 Å². The van der Waals surface area contributed by atoms with Gasteiger partial charge in [0.05, 0.1) is 0 Å². The number of hydrogen-bond acceptors (Lipinski definition) is 2. The highest BCUT2D eigenvalue weighted by Gasteiger charge is 2.33. The molecule has 0 heterocycles. The Balaban J connectivity index is 1.83. The molecule has 0 atom stereocenters. The second-order valence-electron chi connectivity index (χ2n) is 7.19. The highest BCUT2D eigenvalue weighted by molar-refractivity contribution is 4.88. The van der Waals surface area contributed by atoms with Crippen LogP contribution in [0.1, 0.15) is 64.7 Å². The summed E-state index contributed by atoms with van der Waals surface area (Å²) in [5.74, 6) is 0.991. The predicted octanol–water partition coefficient (Wildman–Crippen LogP) is 3.67. The molecule has 2 nitrogen and oxygen atoms in total. The zero-order chi connectivity index (χ0) is 13.6. The van der Waals surface area contributed by atoms with Gasteiger partial charge < -0.3 is 10.2 Å². The smallest absolute Gasteiger partial charge is 0.00472 e. The Kier molecular flexibility index (Phi) is 6.15. The summed E-state index contributed by atoms with van der Waals surface area (Å²) in [7, 11) is 2.36. The molecule has 0 radical (unpaired) electrons. The van der Waals surface area contributed by atoms with E-state index in [4.69, 9.17) is 0 Å². The molecule has 1 N–H and O–H groups in total. The van der Waals surface area contributed by atoms with E-state index in [0.29, 0.717) is 5.41 Å². The van der Waals surface area contributed by atoms with Gasteiger partial charge in [-0.25, -0.2) is 0 Å². The summed E-state index contributed by atoms with van der Waals surface area (Å²) in [4.78, 5) is 2.65. The van der Waals surface area contributed by atoms with Gasteiger partial charge in [0.25, 0.3) is 0 Å². The largest absolute Gasteiger partial charge is 0.316 e. The summed E-state index contributed by atoms with van der Waals surface area (Å²) >= 11 is 0. The van der Waals surface area contributed by atoms with Crippen molar-refractivity contribution in [3.05, 3.63) is 0 Å². The molecule has 0 unspecified atom stereocenters. The quantitative estimate of drug-likeness (QED) is 0.756. The van der Waals surface area contributed by atoms with Gasteiger partial charge in [0.15, 0.2) is 0 Å². The SMILES string of the molecule is CCNCC1(CN(C)CC2CCCC2)CCCCC1. The first-order valence-electron chi connectivity index (χ1n) is 8.63. The third-order valence-corrected chi connectivity index (χ3v) is 5.31. The molecule has 0 saturated heterocycles. The minimum Gasteiger partial charge on any atom is -0.316 e. The normalized spacial score (nSPS) is 24.2. The fourth-order valence-corrected chi connectivity index (χ4v) is 4.35. The average Bonchev–Trinajstić information content (AvgIpc) is 2.90. The van der Waals surface area contributed by atoms with Gasteiger partial charge in [0.1, 0.15) is 0 Å². The van der Waals surface area contributed by atoms with Crippen molar-refractivity contribution in [1.29, 1.82) is 0 Å². The number of nitrogens with zero attached hydrogens (tertiary/aromatic N) is 1. The van der Waals surface area contributed by atoms with Gasteiger partial charge in [0.2, 0.25) is 0 Å². The lowest BCUT2D eigenvalue weighted by Crippen LogP contribution is -2.45. The maximum atomic E-state index is 3.63. The summed E-state index contributed by atoms with van der Waals surface area (Å²) < 4.78 is 0. The van der Waals surface area contributed by atoms with Gasteiger partial charge in [-0.15, -0.1) is 0 Å². The summed E-state index contributed by atoms with van der Waals surface area (Å²) in [5, 5.41) is 3.63. The van der Waals surface area contributed by atoms with Gasteiger partial charge in [0, 0.05) is 19.6 Å². The summed E-state index contributed by atoms with van der Waals surface area (Å²) in [6, 6.07) is 0. The predicted molar refractivity (Wildman–Crippen MR) is 83.5 cm³/mol. The summed E-state index contributed by atoms with van der Waals surface area (Å²) in [6.45, 7) is 7.25. The molecule has 2 rings (SSSR count). The zero-order valence-electron chi connectivity index (χ0n) is 13.2. The van der Waals surface area contributed by atoms with Gasteiger partial charge in [-0.1, -0.05) is 39.0 Å². The van der Waals surface area contributed by atoms with Crippen molar-refractivity contribution in [2.24, 2.45) is 11.3 Å². The van der Waals surface area contributed by atoms with E-state index in [2.05, 4.69) is 24.2 Å². The fourth-order valence-electron chi connectivity index (χ4n) is 4.35. The summed E-state index contributed by atoms with van der Waals surface area (Å²) in [5.41, 5.74) is 0.571. The highest BCUT2D eigenvalue weighted by atomic mass is 15.1. The Morgan fingerprint density at radius 1 is 1.05 bits per heavy atom. The molecule has 0 spiro atoms. The van der Waals surface area contributed by atoms with Crippen LogP contribution in [0.4, 0.5) is 0 Å². The monoisotopic (exact) mass is 266 g/mol. The Morgan fingerprint density at radius 2 is 1.74 bits per heavy atom. The maximum absolute atomic E-state index is 3.63. The molecule has 0 aromatic carbocycles. The van der Waals surface area contributed by atoms with Crippen LogP contribution < -0.4 is 5.32 Å². The van der Waals surface area contributed by atoms with Gasteiger partial charge in [-0.2, -0.15) is 0 Å². The lowest BCUT2D eigenvalue weighted by atomic mass is 9.73. The van der Waals surface area contributed by atoms with Crippen molar-refractivity contribution in [3.8, 4) is 0 Å². The van der Waals surface area contributed by atoms with Crippen molar-refractivity contribution in [2.45, 2.75) is 64.7 Å². The molecule has 0 aromatic heterocycles. The van der Waals surface area contributed by atoms with Crippen molar-refractivity contribution in [1.82, 2.24) is 10.2 Å². The first-order chi connectivity index (χ1) is 9.24. The van der Waals surface area contributed by atoms with Gasteiger partial charge >= 0.3 is 0 Å². The van der Waals surface area contributed by atoms with E-state index in [-0.39, 0.29) is 0 Å². The minimum atomic E-state index is 0.571. The molecule has 2 heteroatoms. The second kappa shape index (κ2) is 7.64. The Labute approximate surface area is 120 Å². The number of rotatable bonds is 7. The third-order valence-electron chi connectivity index (χ3n) is 5.31. The van der Waals surface area contributed by atoms with Gasteiger partial charge in [-0.05, 0) is 50.6 Å². The molecule has 2 saturated carbocycles. The molecular formula is C17H34N2. The highest BCUT2D eigenvalue weighted by Crippen LogP contribution is 2.37. The third kappa shape index (κ3) is 4.75. The van der Waals surface area contributed by atoms with E-state index in [0.717, 1.165) is 12.5 Å². The molecule has 0 bridgehead atoms. The van der Waals surface area contributed by atoms with E-state index in [1.165, 1.54) is 77.4 Å². The Hall–Kier alpha value is -0.0800. The van der Waals surface area contributed by atoms with Crippen LogP contribution >= 0.6 is 0 Å². The van der Waals surface area contributed by atoms with Crippen molar-refractivity contribution in [3.63, 3.8) is 0 Å². The molecule has 2 aliphatic carbocycles. The van der Waals surface area contributed by atoms with E-state index in [1.54, 1.807) is 0 Å². The van der Waals surface area contributed by atoms with E-state index < -0.39 is 0 Å². The van der Waals surface area contributed by atoms with Crippen molar-refractivity contribution >= 4 is 0 Å². The first kappa shape index (κ1) is 15.3. The number of hydrogen-bond donors (Lipinski definition) is 1. The van der Waals surface area contributed by atoms with Crippen LogP contribution in [0.25, 0.3) is 0 Å². The van der Waals surface area contributed by atoms with E-state index in [1.807, 2.05) is 0 Å². The first-order valence-corrected chi connectivity index (χ1v) is 8.63. The topological polar surface area (TPSA) is 15.3 Å². The van der Waals surface area contributed by atoms with Crippen LogP contribution in [0, 0.1) is 11.3 Å². The number of nitrogens with one attached hydrogen (secondary N) is 1. The molecule has 112 valence electrons. The minimum absolute atomic E-state index is 0.571. The van der Waals surface area contributed by atoms with Crippen LogP contribution in [0.15, 0.2) is 0 Å². The lowest BCUT2D eigenvalue weighted by molar-refractivity contribution is 0.109. The molecular weight excluding hydrogens is 232 g/mol. The molecule has 2 fully saturated rings. The molecule has 19 heavy (non-hydrogen) atoms. The fraction of sp³-hybridized carbons (Fsp3) is 1.00. The average molecular weight is 266 g/mol. The van der Waals surface area contributed by atoms with Crippen molar-refractivity contribution < 1.29 is 0 Å². The lowest BCUT2D eigenvalue weighted by Gasteiger charge is -2.41. The maximum Gasteiger partial charge on any atom is 0.00472 e. The molecule has 0 amide bonds. The van der Waals surface area contributed by atoms with Crippen LogP contribution in [-0.4, -0.2) is 38.1 Å². The Bertz CT molecular complexity index is 240. The molecule has 0 aromatic rings. The zero-order valence-corrected chi connectivity index (χ0v) is 13.2. The van der Waals surface area contributed by atoms with E-state index in [9.17, 15) is 0 Å². The van der Waals surface area contributed by atoms with Crippen LogP contribution in [0.3, 0.4) is 0 Å². The van der Waals surface area contributed by atoms with Crippen LogP contribution in [0.5, 0.6) is 0 Å². The van der Waals surface area contributed by atoms with E-state index >= 15 is 0 Å². The Morgan fingerprint density at radius 3 is 2.37 bits per heavy atom. The van der Waals surface area contributed by atoms with Crippen LogP contribution in [0.2, 0.25) is 0 Å². The molecule has 0 aliphatic heterocycles. The second-order valence-corrected chi connectivity index (χ2v) is 7.19. The standard InChI is InChI=1S/C17H34N2/c1-3-18-14-17(11-7-4-8-12-17)15-19(2)13-16-9-5-6-10-16/h16,18H,3-15H2,1-2H3. The summed E-state index contributed by atoms with van der Waals surface area (Å²) in [6.07, 6.45) is 13.1.